The minimum atomic E-state index is -0.738. The standard InChI is InChI=1S/C30H40BrFN2O/c1-7-13-21(6)28-25(30(10-4,29(35)34-28)17-11-15-20(5)9-3)24-19-22(16-12-18-33)26(31)27(32)23(24)14-8-2/h12,16,19-20H,6-11,13-15,17H2,1-5H3,(H,34,35)/b16-12+. The average Bonchev–Trinajstić information content (AvgIpc) is 3.14. The molecule has 2 atom stereocenters. The molecule has 1 aromatic carbocycles. The molecule has 0 aromatic heterocycles. The number of allylic oxidation sites excluding steroid dienone is 2. The van der Waals surface area contributed by atoms with Crippen LogP contribution < -0.4 is 5.32 Å². The first-order valence-electron chi connectivity index (χ1n) is 13.0. The van der Waals surface area contributed by atoms with Gasteiger partial charge in [0.25, 0.3) is 0 Å². The molecular weight excluding hydrogens is 503 g/mol. The number of nitrogens with zero attached hydrogens (tertiary/aromatic N) is 1. The maximum Gasteiger partial charge on any atom is 0.235 e. The Labute approximate surface area is 219 Å². The number of carbonyl (C=O) groups excluding carboxylic acids is 1. The predicted molar refractivity (Wildman–Crippen MR) is 148 cm³/mol. The molecular formula is C30H40BrFN2O. The fourth-order valence-electron chi connectivity index (χ4n) is 5.09. The molecule has 0 fully saturated rings. The van der Waals surface area contributed by atoms with Crippen LogP contribution in [0.2, 0.25) is 0 Å². The summed E-state index contributed by atoms with van der Waals surface area (Å²) >= 11 is 3.41. The van der Waals surface area contributed by atoms with Crippen molar-refractivity contribution in [2.45, 2.75) is 92.4 Å². The lowest BCUT2D eigenvalue weighted by Gasteiger charge is -2.31. The summed E-state index contributed by atoms with van der Waals surface area (Å²) in [5.74, 6) is 0.268. The topological polar surface area (TPSA) is 52.9 Å². The van der Waals surface area contributed by atoms with Crippen molar-refractivity contribution in [3.05, 3.63) is 57.0 Å². The van der Waals surface area contributed by atoms with E-state index in [9.17, 15) is 4.79 Å². The number of hydrogen-bond donors (Lipinski definition) is 1. The molecule has 1 aromatic rings. The predicted octanol–water partition coefficient (Wildman–Crippen LogP) is 8.89. The van der Waals surface area contributed by atoms with Crippen molar-refractivity contribution in [3.8, 4) is 6.07 Å². The van der Waals surface area contributed by atoms with Crippen LogP contribution in [-0.2, 0) is 11.2 Å². The van der Waals surface area contributed by atoms with E-state index in [-0.39, 0.29) is 11.7 Å². The molecule has 0 aliphatic carbocycles. The largest absolute Gasteiger partial charge is 0.325 e. The van der Waals surface area contributed by atoms with Gasteiger partial charge in [-0.3, -0.25) is 4.79 Å². The lowest BCUT2D eigenvalue weighted by molar-refractivity contribution is -0.126. The van der Waals surface area contributed by atoms with Gasteiger partial charge in [-0.25, -0.2) is 4.39 Å². The van der Waals surface area contributed by atoms with E-state index < -0.39 is 5.41 Å². The molecule has 1 amide bonds. The van der Waals surface area contributed by atoms with Gasteiger partial charge in [-0.15, -0.1) is 0 Å². The lowest BCUT2D eigenvalue weighted by atomic mass is 9.70. The van der Waals surface area contributed by atoms with Crippen molar-refractivity contribution in [2.75, 3.05) is 0 Å². The summed E-state index contributed by atoms with van der Waals surface area (Å²) in [6, 6.07) is 3.94. The summed E-state index contributed by atoms with van der Waals surface area (Å²) in [6.07, 6.45) is 10.4. The van der Waals surface area contributed by atoms with E-state index in [0.29, 0.717) is 40.8 Å². The van der Waals surface area contributed by atoms with E-state index in [0.717, 1.165) is 60.9 Å². The first-order valence-corrected chi connectivity index (χ1v) is 13.8. The Bertz CT molecular complexity index is 1050. The van der Waals surface area contributed by atoms with Gasteiger partial charge >= 0.3 is 0 Å². The number of rotatable bonds is 13. The quantitative estimate of drug-likeness (QED) is 0.253. The van der Waals surface area contributed by atoms with E-state index in [1.165, 1.54) is 6.08 Å². The Morgan fingerprint density at radius 1 is 1.31 bits per heavy atom. The number of amides is 1. The summed E-state index contributed by atoms with van der Waals surface area (Å²) in [5, 5.41) is 12.3. The van der Waals surface area contributed by atoms with Crippen LogP contribution in [0.4, 0.5) is 4.39 Å². The number of halogens is 2. The molecule has 1 heterocycles. The van der Waals surface area contributed by atoms with Crippen molar-refractivity contribution in [2.24, 2.45) is 11.3 Å². The van der Waals surface area contributed by atoms with Crippen LogP contribution in [-0.4, -0.2) is 5.91 Å². The fourth-order valence-corrected chi connectivity index (χ4v) is 5.58. The second-order valence-electron chi connectivity index (χ2n) is 9.73. The van der Waals surface area contributed by atoms with E-state index in [1.807, 2.05) is 19.1 Å². The summed E-state index contributed by atoms with van der Waals surface area (Å²) in [5.41, 5.74) is 3.76. The third kappa shape index (κ3) is 6.15. The first-order chi connectivity index (χ1) is 16.7. The zero-order valence-corrected chi connectivity index (χ0v) is 23.6. The highest BCUT2D eigenvalue weighted by Gasteiger charge is 2.48. The van der Waals surface area contributed by atoms with Gasteiger partial charge in [0, 0.05) is 11.8 Å². The van der Waals surface area contributed by atoms with Crippen molar-refractivity contribution in [1.29, 1.82) is 5.26 Å². The Morgan fingerprint density at radius 3 is 2.60 bits per heavy atom. The van der Waals surface area contributed by atoms with Crippen LogP contribution in [0.5, 0.6) is 0 Å². The summed E-state index contributed by atoms with van der Waals surface area (Å²) < 4.78 is 16.2. The lowest BCUT2D eigenvalue weighted by Crippen LogP contribution is -2.34. The number of benzene rings is 1. The number of nitriles is 1. The summed E-state index contributed by atoms with van der Waals surface area (Å²) in [6.45, 7) is 14.9. The van der Waals surface area contributed by atoms with Gasteiger partial charge in [0.1, 0.15) is 5.82 Å². The van der Waals surface area contributed by atoms with Gasteiger partial charge < -0.3 is 5.32 Å². The van der Waals surface area contributed by atoms with Gasteiger partial charge in [-0.2, -0.15) is 5.26 Å². The number of carbonyl (C=O) groups is 1. The smallest absolute Gasteiger partial charge is 0.235 e. The van der Waals surface area contributed by atoms with Crippen LogP contribution in [0, 0.1) is 28.5 Å². The van der Waals surface area contributed by atoms with Gasteiger partial charge in [0.15, 0.2) is 0 Å². The molecule has 35 heavy (non-hydrogen) atoms. The van der Waals surface area contributed by atoms with Gasteiger partial charge in [-0.1, -0.05) is 73.3 Å². The molecule has 1 N–H and O–H groups in total. The van der Waals surface area contributed by atoms with Crippen molar-refractivity contribution in [1.82, 2.24) is 5.32 Å². The Kier molecular flexibility index (Phi) is 11.0. The van der Waals surface area contributed by atoms with E-state index >= 15 is 4.39 Å². The van der Waals surface area contributed by atoms with Crippen LogP contribution in [0.1, 0.15) is 103 Å². The van der Waals surface area contributed by atoms with Gasteiger partial charge in [0.2, 0.25) is 5.91 Å². The van der Waals surface area contributed by atoms with Crippen LogP contribution in [0.25, 0.3) is 11.6 Å². The third-order valence-electron chi connectivity index (χ3n) is 7.35. The second-order valence-corrected chi connectivity index (χ2v) is 10.5. The Hall–Kier alpha value is -2.19. The van der Waals surface area contributed by atoms with Crippen molar-refractivity contribution < 1.29 is 9.18 Å². The van der Waals surface area contributed by atoms with Crippen LogP contribution in [0.3, 0.4) is 0 Å². The number of hydrogen-bond acceptors (Lipinski definition) is 2. The minimum absolute atomic E-state index is 0.00806. The maximum absolute atomic E-state index is 15.8. The highest BCUT2D eigenvalue weighted by Crippen LogP contribution is 2.51. The molecule has 0 spiro atoms. The minimum Gasteiger partial charge on any atom is -0.325 e. The molecule has 0 radical (unpaired) electrons. The van der Waals surface area contributed by atoms with E-state index in [2.05, 4.69) is 55.5 Å². The van der Waals surface area contributed by atoms with Crippen molar-refractivity contribution >= 4 is 33.5 Å². The molecule has 0 saturated heterocycles. The highest BCUT2D eigenvalue weighted by atomic mass is 79.9. The molecule has 1 aliphatic rings. The molecule has 2 rings (SSSR count). The molecule has 0 saturated carbocycles. The van der Waals surface area contributed by atoms with Gasteiger partial charge in [-0.05, 0) is 87.5 Å². The van der Waals surface area contributed by atoms with Crippen LogP contribution >= 0.6 is 15.9 Å². The van der Waals surface area contributed by atoms with E-state index in [4.69, 9.17) is 5.26 Å². The molecule has 190 valence electrons. The van der Waals surface area contributed by atoms with Crippen LogP contribution in [0.15, 0.2) is 34.5 Å². The third-order valence-corrected chi connectivity index (χ3v) is 8.16. The highest BCUT2D eigenvalue weighted by molar-refractivity contribution is 9.10. The Balaban J connectivity index is 2.86. The summed E-state index contributed by atoms with van der Waals surface area (Å²) in [7, 11) is 0. The average molecular weight is 544 g/mol. The molecule has 5 heteroatoms. The van der Waals surface area contributed by atoms with E-state index in [1.54, 1.807) is 6.08 Å². The summed E-state index contributed by atoms with van der Waals surface area (Å²) in [4.78, 5) is 13.7. The molecule has 0 bridgehead atoms. The molecule has 3 nitrogen and oxygen atoms in total. The monoisotopic (exact) mass is 542 g/mol. The number of nitrogens with one attached hydrogen (secondary N) is 1. The molecule has 1 aliphatic heterocycles. The SMILES string of the molecule is C=C(CCC)C1=C(c2cc(/C=C/C#N)c(Br)c(F)c2CCC)C(CC)(CCCC(C)CC)C(=O)N1. The molecule has 2 unspecified atom stereocenters. The fraction of sp³-hybridized carbons (Fsp3) is 0.533. The first kappa shape index (κ1) is 29.0. The van der Waals surface area contributed by atoms with Crippen molar-refractivity contribution in [3.63, 3.8) is 0 Å². The Morgan fingerprint density at radius 2 is 2.03 bits per heavy atom. The maximum atomic E-state index is 15.8. The van der Waals surface area contributed by atoms with Gasteiger partial charge in [0.05, 0.1) is 16.0 Å². The zero-order valence-electron chi connectivity index (χ0n) is 22.0. The zero-order chi connectivity index (χ0) is 26.2. The normalized spacial score (nSPS) is 18.7. The second kappa shape index (κ2) is 13.2.